The molecule has 108 valence electrons. The second-order valence-corrected chi connectivity index (χ2v) is 5.91. The number of hydrogen-bond acceptors (Lipinski definition) is 4. The van der Waals surface area contributed by atoms with Crippen molar-refractivity contribution in [2.45, 2.75) is 45.3 Å². The summed E-state index contributed by atoms with van der Waals surface area (Å²) in [5.74, 6) is -0.543. The van der Waals surface area contributed by atoms with Gasteiger partial charge in [0.25, 0.3) is 5.91 Å². The molecule has 2 heterocycles. The number of pyridine rings is 1. The molecule has 0 bridgehead atoms. The molecule has 0 aromatic carbocycles. The lowest BCUT2D eigenvalue weighted by Crippen LogP contribution is -2.43. The van der Waals surface area contributed by atoms with Gasteiger partial charge in [-0.05, 0) is 45.7 Å². The van der Waals surface area contributed by atoms with Crippen LogP contribution >= 0.6 is 0 Å². The molecule has 1 aliphatic heterocycles. The van der Waals surface area contributed by atoms with Crippen LogP contribution in [0.15, 0.2) is 24.4 Å². The van der Waals surface area contributed by atoms with E-state index in [9.17, 15) is 9.59 Å². The Morgan fingerprint density at radius 3 is 2.70 bits per heavy atom. The third kappa shape index (κ3) is 3.35. The Kier molecular flexibility index (Phi) is 4.06. The molecule has 1 aliphatic rings. The van der Waals surface area contributed by atoms with Crippen molar-refractivity contribution < 1.29 is 14.3 Å². The quantitative estimate of drug-likeness (QED) is 0.775. The topological polar surface area (TPSA) is 59.5 Å². The van der Waals surface area contributed by atoms with Crippen molar-refractivity contribution in [3.05, 3.63) is 30.1 Å². The third-order valence-corrected chi connectivity index (χ3v) is 3.08. The van der Waals surface area contributed by atoms with Crippen molar-refractivity contribution in [1.29, 1.82) is 0 Å². The fourth-order valence-electron chi connectivity index (χ4n) is 2.26. The Morgan fingerprint density at radius 2 is 2.10 bits per heavy atom. The van der Waals surface area contributed by atoms with E-state index < -0.39 is 11.6 Å². The van der Waals surface area contributed by atoms with Gasteiger partial charge < -0.3 is 9.64 Å². The molecule has 1 aromatic heterocycles. The first-order valence-electron chi connectivity index (χ1n) is 6.83. The van der Waals surface area contributed by atoms with E-state index in [4.69, 9.17) is 4.74 Å². The molecule has 0 radical (unpaired) electrons. The standard InChI is InChI=1S/C15H20N2O3/c1-15(2,3)20-14(19)12-8-6-10-17(12)13(18)11-7-4-5-9-16-11/h4-5,7,9,12H,6,8,10H2,1-3H3/t12-/m0/s1. The van der Waals surface area contributed by atoms with E-state index in [1.54, 1.807) is 29.3 Å². The Morgan fingerprint density at radius 1 is 1.35 bits per heavy atom. The van der Waals surface area contributed by atoms with Crippen molar-refractivity contribution in [1.82, 2.24) is 9.88 Å². The number of likely N-dealkylation sites (tertiary alicyclic amines) is 1. The van der Waals surface area contributed by atoms with Crippen LogP contribution in [0.3, 0.4) is 0 Å². The van der Waals surface area contributed by atoms with Crippen molar-refractivity contribution in [2.75, 3.05) is 6.54 Å². The lowest BCUT2D eigenvalue weighted by Gasteiger charge is -2.27. The van der Waals surface area contributed by atoms with Gasteiger partial charge in [0.15, 0.2) is 0 Å². The molecule has 1 saturated heterocycles. The number of nitrogens with zero attached hydrogens (tertiary/aromatic N) is 2. The van der Waals surface area contributed by atoms with Gasteiger partial charge in [0.2, 0.25) is 0 Å². The molecule has 2 rings (SSSR count). The van der Waals surface area contributed by atoms with Crippen molar-refractivity contribution in [3.8, 4) is 0 Å². The van der Waals surface area contributed by atoms with Gasteiger partial charge in [-0.3, -0.25) is 9.78 Å². The number of esters is 1. The number of rotatable bonds is 2. The number of carbonyl (C=O) groups is 2. The highest BCUT2D eigenvalue weighted by Gasteiger charge is 2.37. The molecule has 0 unspecified atom stereocenters. The zero-order chi connectivity index (χ0) is 14.8. The van der Waals surface area contributed by atoms with E-state index in [-0.39, 0.29) is 11.9 Å². The Hall–Kier alpha value is -1.91. The van der Waals surface area contributed by atoms with E-state index in [2.05, 4.69) is 4.98 Å². The number of amides is 1. The van der Waals surface area contributed by atoms with Crippen LogP contribution in [0.2, 0.25) is 0 Å². The van der Waals surface area contributed by atoms with Crippen LogP contribution in [-0.4, -0.2) is 39.9 Å². The molecule has 20 heavy (non-hydrogen) atoms. The molecule has 1 aromatic rings. The first kappa shape index (κ1) is 14.5. The predicted molar refractivity (Wildman–Crippen MR) is 74.1 cm³/mol. The number of ether oxygens (including phenoxy) is 1. The summed E-state index contributed by atoms with van der Waals surface area (Å²) < 4.78 is 5.38. The number of aromatic nitrogens is 1. The molecule has 5 nitrogen and oxygen atoms in total. The summed E-state index contributed by atoms with van der Waals surface area (Å²) >= 11 is 0. The summed E-state index contributed by atoms with van der Waals surface area (Å²) in [4.78, 5) is 30.2. The normalized spacial score (nSPS) is 18.9. The first-order chi connectivity index (χ1) is 9.38. The fourth-order valence-corrected chi connectivity index (χ4v) is 2.26. The zero-order valence-corrected chi connectivity index (χ0v) is 12.1. The largest absolute Gasteiger partial charge is 0.458 e. The molecule has 0 saturated carbocycles. The number of carbonyl (C=O) groups excluding carboxylic acids is 2. The molecule has 0 spiro atoms. The molecule has 0 aliphatic carbocycles. The van der Waals surface area contributed by atoms with Gasteiger partial charge >= 0.3 is 5.97 Å². The second kappa shape index (κ2) is 5.61. The minimum atomic E-state index is -0.542. The average Bonchev–Trinajstić information content (AvgIpc) is 2.86. The lowest BCUT2D eigenvalue weighted by atomic mass is 10.1. The first-order valence-corrected chi connectivity index (χ1v) is 6.83. The van der Waals surface area contributed by atoms with Crippen LogP contribution < -0.4 is 0 Å². The van der Waals surface area contributed by atoms with Crippen molar-refractivity contribution in [2.24, 2.45) is 0 Å². The van der Waals surface area contributed by atoms with Gasteiger partial charge in [0.1, 0.15) is 17.3 Å². The van der Waals surface area contributed by atoms with E-state index in [1.807, 2.05) is 20.8 Å². The molecular formula is C15H20N2O3. The van der Waals surface area contributed by atoms with Gasteiger partial charge in [-0.2, -0.15) is 0 Å². The van der Waals surface area contributed by atoms with Gasteiger partial charge in [0, 0.05) is 12.7 Å². The minimum Gasteiger partial charge on any atom is -0.458 e. The molecule has 1 amide bonds. The Bertz CT molecular complexity index is 494. The SMILES string of the molecule is CC(C)(C)OC(=O)[C@@H]1CCCN1C(=O)c1ccccn1. The van der Waals surface area contributed by atoms with Gasteiger partial charge in [-0.25, -0.2) is 4.79 Å². The average molecular weight is 276 g/mol. The highest BCUT2D eigenvalue weighted by Crippen LogP contribution is 2.22. The van der Waals surface area contributed by atoms with Crippen LogP contribution in [0.4, 0.5) is 0 Å². The van der Waals surface area contributed by atoms with Crippen LogP contribution in [0.1, 0.15) is 44.1 Å². The van der Waals surface area contributed by atoms with Gasteiger partial charge in [-0.1, -0.05) is 6.07 Å². The minimum absolute atomic E-state index is 0.209. The summed E-state index contributed by atoms with van der Waals surface area (Å²) in [5, 5.41) is 0. The number of hydrogen-bond donors (Lipinski definition) is 0. The van der Waals surface area contributed by atoms with E-state index in [0.717, 1.165) is 6.42 Å². The summed E-state index contributed by atoms with van der Waals surface area (Å²) in [6.45, 7) is 6.04. The van der Waals surface area contributed by atoms with Gasteiger partial charge in [-0.15, -0.1) is 0 Å². The van der Waals surface area contributed by atoms with Crippen LogP contribution in [0, 0.1) is 0 Å². The zero-order valence-electron chi connectivity index (χ0n) is 12.1. The predicted octanol–water partition coefficient (Wildman–Crippen LogP) is 2.03. The summed E-state index contributed by atoms with van der Waals surface area (Å²) in [6.07, 6.45) is 3.03. The van der Waals surface area contributed by atoms with Crippen LogP contribution in [0.5, 0.6) is 0 Å². The smallest absolute Gasteiger partial charge is 0.329 e. The molecule has 1 atom stereocenters. The summed E-state index contributed by atoms with van der Waals surface area (Å²) in [5.41, 5.74) is -0.178. The van der Waals surface area contributed by atoms with Gasteiger partial charge in [0.05, 0.1) is 0 Å². The Labute approximate surface area is 118 Å². The van der Waals surface area contributed by atoms with E-state index >= 15 is 0 Å². The third-order valence-electron chi connectivity index (χ3n) is 3.08. The van der Waals surface area contributed by atoms with Crippen LogP contribution in [0.25, 0.3) is 0 Å². The molecular weight excluding hydrogens is 256 g/mol. The maximum atomic E-state index is 12.4. The maximum Gasteiger partial charge on any atom is 0.329 e. The molecule has 1 fully saturated rings. The highest BCUT2D eigenvalue weighted by molar-refractivity contribution is 5.95. The molecule has 0 N–H and O–H groups in total. The van der Waals surface area contributed by atoms with E-state index in [1.165, 1.54) is 0 Å². The second-order valence-electron chi connectivity index (χ2n) is 5.91. The maximum absolute atomic E-state index is 12.4. The van der Waals surface area contributed by atoms with E-state index in [0.29, 0.717) is 18.7 Å². The van der Waals surface area contributed by atoms with Crippen molar-refractivity contribution in [3.63, 3.8) is 0 Å². The lowest BCUT2D eigenvalue weighted by molar-refractivity contribution is -0.159. The van der Waals surface area contributed by atoms with Crippen LogP contribution in [-0.2, 0) is 9.53 Å². The molecule has 5 heteroatoms. The Balaban J connectivity index is 2.11. The summed E-state index contributed by atoms with van der Waals surface area (Å²) in [6, 6.07) is 4.68. The highest BCUT2D eigenvalue weighted by atomic mass is 16.6. The summed E-state index contributed by atoms with van der Waals surface area (Å²) in [7, 11) is 0. The van der Waals surface area contributed by atoms with Crippen molar-refractivity contribution >= 4 is 11.9 Å². The monoisotopic (exact) mass is 276 g/mol. The fraction of sp³-hybridized carbons (Fsp3) is 0.533.